The summed E-state index contributed by atoms with van der Waals surface area (Å²) >= 11 is 0. The van der Waals surface area contributed by atoms with Crippen LogP contribution in [0, 0.1) is 6.92 Å². The predicted octanol–water partition coefficient (Wildman–Crippen LogP) is 1.88. The summed E-state index contributed by atoms with van der Waals surface area (Å²) in [5, 5.41) is 9.89. The van der Waals surface area contributed by atoms with Crippen molar-refractivity contribution in [1.29, 1.82) is 0 Å². The average molecular weight is 434 g/mol. The van der Waals surface area contributed by atoms with Gasteiger partial charge in [0.05, 0.1) is 11.9 Å². The monoisotopic (exact) mass is 433 g/mol. The molecule has 3 heterocycles. The predicted molar refractivity (Wildman–Crippen MR) is 127 cm³/mol. The Labute approximate surface area is 189 Å². The highest BCUT2D eigenvalue weighted by Gasteiger charge is 2.20. The van der Waals surface area contributed by atoms with Crippen LogP contribution in [0.25, 0.3) is 11.1 Å². The molecule has 1 aliphatic rings. The molecule has 1 aliphatic heterocycles. The van der Waals surface area contributed by atoms with Crippen molar-refractivity contribution < 1.29 is 5.11 Å². The minimum Gasteiger partial charge on any atom is -0.377 e. The first kappa shape index (κ1) is 22.1. The Balaban J connectivity index is 1.40. The molecular formula is C24H31N7O. The highest BCUT2D eigenvalue weighted by molar-refractivity contribution is 5.63. The van der Waals surface area contributed by atoms with Crippen LogP contribution in [0.3, 0.4) is 0 Å². The number of aliphatic hydroxyl groups is 1. The average Bonchev–Trinajstić information content (AvgIpc) is 2.84. The number of anilines is 2. The van der Waals surface area contributed by atoms with Gasteiger partial charge in [-0.05, 0) is 42.8 Å². The van der Waals surface area contributed by atoms with Gasteiger partial charge < -0.3 is 20.6 Å². The SMILES string of the molecule is Cc1ccncc1N1CCN(c2ncc(-c3cccc(CN(C)C(O)CN)c3)cn2)CC1. The van der Waals surface area contributed by atoms with Crippen LogP contribution in [0.15, 0.2) is 55.1 Å². The van der Waals surface area contributed by atoms with E-state index in [9.17, 15) is 5.11 Å². The molecule has 0 bridgehead atoms. The highest BCUT2D eigenvalue weighted by Crippen LogP contribution is 2.23. The lowest BCUT2D eigenvalue weighted by atomic mass is 10.1. The molecule has 3 aromatic rings. The molecule has 8 heteroatoms. The van der Waals surface area contributed by atoms with Crippen molar-refractivity contribution in [3.8, 4) is 11.1 Å². The maximum atomic E-state index is 9.89. The van der Waals surface area contributed by atoms with E-state index in [-0.39, 0.29) is 6.54 Å². The highest BCUT2D eigenvalue weighted by atomic mass is 16.3. The molecule has 8 nitrogen and oxygen atoms in total. The first-order chi connectivity index (χ1) is 15.5. The van der Waals surface area contributed by atoms with E-state index in [1.54, 1.807) is 0 Å². The standard InChI is InChI=1S/C24H31N7O/c1-18-6-7-26-16-22(18)30-8-10-31(11-9-30)24-27-14-21(15-28-24)20-5-3-4-19(12-20)17-29(2)23(32)13-25/h3-7,12,14-16,23,32H,8-11,13,17,25H2,1-2H3. The number of piperazine rings is 1. The number of aromatic nitrogens is 3. The van der Waals surface area contributed by atoms with Crippen molar-refractivity contribution in [3.05, 3.63) is 66.2 Å². The molecule has 1 unspecified atom stereocenters. The summed E-state index contributed by atoms with van der Waals surface area (Å²) in [6.07, 6.45) is 6.90. The van der Waals surface area contributed by atoms with Crippen LogP contribution in [0.2, 0.25) is 0 Å². The molecule has 0 aliphatic carbocycles. The van der Waals surface area contributed by atoms with Gasteiger partial charge in [-0.1, -0.05) is 18.2 Å². The fourth-order valence-electron chi connectivity index (χ4n) is 3.99. The van der Waals surface area contributed by atoms with Crippen molar-refractivity contribution in [2.24, 2.45) is 5.73 Å². The Hall–Kier alpha value is -3.07. The fourth-order valence-corrected chi connectivity index (χ4v) is 3.99. The summed E-state index contributed by atoms with van der Waals surface area (Å²) in [6.45, 7) is 6.54. The molecule has 168 valence electrons. The van der Waals surface area contributed by atoms with Gasteiger partial charge in [-0.25, -0.2) is 9.97 Å². The third kappa shape index (κ3) is 5.04. The zero-order valence-corrected chi connectivity index (χ0v) is 18.7. The van der Waals surface area contributed by atoms with Crippen LogP contribution in [0.1, 0.15) is 11.1 Å². The van der Waals surface area contributed by atoms with Crippen molar-refractivity contribution in [1.82, 2.24) is 19.9 Å². The number of hydrogen-bond acceptors (Lipinski definition) is 8. The number of rotatable bonds is 7. The number of benzene rings is 1. The molecule has 1 atom stereocenters. The third-order valence-electron chi connectivity index (χ3n) is 5.96. The van der Waals surface area contributed by atoms with E-state index in [0.29, 0.717) is 6.54 Å². The molecular weight excluding hydrogens is 402 g/mol. The van der Waals surface area contributed by atoms with Gasteiger partial charge in [0.25, 0.3) is 0 Å². The van der Waals surface area contributed by atoms with Gasteiger partial charge in [-0.15, -0.1) is 0 Å². The van der Waals surface area contributed by atoms with Crippen LogP contribution >= 0.6 is 0 Å². The molecule has 1 aromatic carbocycles. The van der Waals surface area contributed by atoms with Crippen molar-refractivity contribution in [2.75, 3.05) is 49.6 Å². The number of nitrogens with zero attached hydrogens (tertiary/aromatic N) is 6. The Morgan fingerprint density at radius 2 is 1.75 bits per heavy atom. The molecule has 0 spiro atoms. The van der Waals surface area contributed by atoms with Gasteiger partial charge >= 0.3 is 0 Å². The van der Waals surface area contributed by atoms with Crippen LogP contribution in [0.5, 0.6) is 0 Å². The normalized spacial score (nSPS) is 15.3. The summed E-state index contributed by atoms with van der Waals surface area (Å²) in [5.41, 5.74) is 11.1. The topological polar surface area (TPSA) is 94.6 Å². The van der Waals surface area contributed by atoms with Gasteiger partial charge in [0, 0.05) is 63.4 Å². The Morgan fingerprint density at radius 1 is 1.03 bits per heavy atom. The number of nitrogens with two attached hydrogens (primary N) is 1. The maximum Gasteiger partial charge on any atom is 0.225 e. The number of hydrogen-bond donors (Lipinski definition) is 2. The third-order valence-corrected chi connectivity index (χ3v) is 5.96. The van der Waals surface area contributed by atoms with Crippen molar-refractivity contribution >= 4 is 11.6 Å². The number of likely N-dealkylation sites (N-methyl/N-ethyl adjacent to an activating group) is 1. The van der Waals surface area contributed by atoms with E-state index in [0.717, 1.165) is 48.8 Å². The molecule has 32 heavy (non-hydrogen) atoms. The van der Waals surface area contributed by atoms with Gasteiger partial charge in [-0.3, -0.25) is 9.88 Å². The summed E-state index contributed by atoms with van der Waals surface area (Å²) < 4.78 is 0. The number of aryl methyl sites for hydroxylation is 1. The molecule has 0 amide bonds. The van der Waals surface area contributed by atoms with Crippen LogP contribution in [-0.4, -0.2) is 71.0 Å². The lowest BCUT2D eigenvalue weighted by molar-refractivity contribution is 0.0246. The number of aliphatic hydroxyl groups excluding tert-OH is 1. The fraction of sp³-hybridized carbons (Fsp3) is 0.375. The van der Waals surface area contributed by atoms with Crippen LogP contribution in [-0.2, 0) is 6.54 Å². The molecule has 0 saturated carbocycles. The Kier molecular flexibility index (Phi) is 6.94. The Morgan fingerprint density at radius 3 is 2.44 bits per heavy atom. The summed E-state index contributed by atoms with van der Waals surface area (Å²) in [7, 11) is 1.86. The second-order valence-corrected chi connectivity index (χ2v) is 8.24. The molecule has 0 radical (unpaired) electrons. The lowest BCUT2D eigenvalue weighted by Crippen LogP contribution is -2.47. The van der Waals surface area contributed by atoms with Gasteiger partial charge in [-0.2, -0.15) is 0 Å². The first-order valence-corrected chi connectivity index (χ1v) is 11.0. The van der Waals surface area contributed by atoms with Gasteiger partial charge in [0.1, 0.15) is 6.23 Å². The van der Waals surface area contributed by atoms with E-state index in [4.69, 9.17) is 5.73 Å². The van der Waals surface area contributed by atoms with E-state index in [2.05, 4.69) is 49.9 Å². The van der Waals surface area contributed by atoms with E-state index >= 15 is 0 Å². The maximum absolute atomic E-state index is 9.89. The molecule has 3 N–H and O–H groups in total. The number of pyridine rings is 1. The Bertz CT molecular complexity index is 1020. The van der Waals surface area contributed by atoms with Crippen molar-refractivity contribution in [3.63, 3.8) is 0 Å². The summed E-state index contributed by atoms with van der Waals surface area (Å²) in [5.74, 6) is 0.762. The largest absolute Gasteiger partial charge is 0.377 e. The smallest absolute Gasteiger partial charge is 0.225 e. The lowest BCUT2D eigenvalue weighted by Gasteiger charge is -2.36. The molecule has 1 saturated heterocycles. The van der Waals surface area contributed by atoms with E-state index in [1.807, 2.05) is 48.9 Å². The van der Waals surface area contributed by atoms with E-state index < -0.39 is 6.23 Å². The molecule has 4 rings (SSSR count). The quantitative estimate of drug-likeness (QED) is 0.546. The van der Waals surface area contributed by atoms with E-state index in [1.165, 1.54) is 11.3 Å². The van der Waals surface area contributed by atoms with Gasteiger partial charge in [0.15, 0.2) is 0 Å². The molecule has 1 fully saturated rings. The summed E-state index contributed by atoms with van der Waals surface area (Å²) in [4.78, 5) is 20.0. The van der Waals surface area contributed by atoms with Crippen LogP contribution < -0.4 is 15.5 Å². The molecule has 2 aromatic heterocycles. The minimum absolute atomic E-state index is 0.210. The van der Waals surface area contributed by atoms with Crippen LogP contribution in [0.4, 0.5) is 11.6 Å². The summed E-state index contributed by atoms with van der Waals surface area (Å²) in [6, 6.07) is 10.3. The second kappa shape index (κ2) is 10.0. The zero-order chi connectivity index (χ0) is 22.5. The zero-order valence-electron chi connectivity index (χ0n) is 18.7. The minimum atomic E-state index is -0.649. The van der Waals surface area contributed by atoms with Crippen molar-refractivity contribution in [2.45, 2.75) is 19.7 Å². The van der Waals surface area contributed by atoms with Gasteiger partial charge in [0.2, 0.25) is 5.95 Å². The second-order valence-electron chi connectivity index (χ2n) is 8.24. The first-order valence-electron chi connectivity index (χ1n) is 11.0.